The van der Waals surface area contributed by atoms with Gasteiger partial charge in [-0.05, 0) is 35.4 Å². The van der Waals surface area contributed by atoms with Crippen molar-refractivity contribution in [3.8, 4) is 16.9 Å². The molecule has 0 atom stereocenters. The number of ether oxygens (including phenoxy) is 1. The van der Waals surface area contributed by atoms with E-state index in [4.69, 9.17) is 4.74 Å². The van der Waals surface area contributed by atoms with Crippen LogP contribution in [0, 0.1) is 0 Å². The van der Waals surface area contributed by atoms with Crippen molar-refractivity contribution in [2.24, 2.45) is 0 Å². The Labute approximate surface area is 164 Å². The lowest BCUT2D eigenvalue weighted by Gasteiger charge is -2.11. The number of carbonyl (C=O) groups is 1. The van der Waals surface area contributed by atoms with Crippen molar-refractivity contribution in [1.29, 1.82) is 0 Å². The van der Waals surface area contributed by atoms with Crippen molar-refractivity contribution >= 4 is 44.7 Å². The Hall–Kier alpha value is -3.58. The summed E-state index contributed by atoms with van der Waals surface area (Å²) in [4.78, 5) is 16.1. The fourth-order valence-corrected chi connectivity index (χ4v) is 4.22. The average Bonchev–Trinajstić information content (AvgIpc) is 3.46. The van der Waals surface area contributed by atoms with E-state index in [-0.39, 0.29) is 5.91 Å². The topological polar surface area (TPSA) is 82.8 Å². The number of hydrogen-bond acceptors (Lipinski definition) is 4. The summed E-state index contributed by atoms with van der Waals surface area (Å²) in [5.41, 5.74) is 5.22. The zero-order valence-corrected chi connectivity index (χ0v) is 15.8. The molecular formula is C21H16N4O2S. The fourth-order valence-electron chi connectivity index (χ4n) is 3.45. The average molecular weight is 388 g/mol. The highest BCUT2D eigenvalue weighted by atomic mass is 32.1. The molecule has 0 aliphatic carbocycles. The third kappa shape index (κ3) is 2.64. The number of thiophene rings is 1. The molecule has 1 amide bonds. The van der Waals surface area contributed by atoms with Crippen LogP contribution in [0.5, 0.6) is 5.75 Å². The van der Waals surface area contributed by atoms with Crippen molar-refractivity contribution in [3.05, 3.63) is 65.1 Å². The van der Waals surface area contributed by atoms with E-state index in [0.717, 1.165) is 32.9 Å². The zero-order valence-electron chi connectivity index (χ0n) is 14.9. The lowest BCUT2D eigenvalue weighted by Crippen LogP contribution is -2.12. The van der Waals surface area contributed by atoms with Gasteiger partial charge in [0.1, 0.15) is 5.75 Å². The number of nitrogens with zero attached hydrogens (tertiary/aromatic N) is 1. The largest absolute Gasteiger partial charge is 0.495 e. The lowest BCUT2D eigenvalue weighted by molar-refractivity contribution is 0.102. The quantitative estimate of drug-likeness (QED) is 0.404. The van der Waals surface area contributed by atoms with Crippen LogP contribution in [-0.2, 0) is 0 Å². The predicted octanol–water partition coefficient (Wildman–Crippen LogP) is 5.03. The van der Waals surface area contributed by atoms with Gasteiger partial charge in [-0.2, -0.15) is 5.10 Å². The van der Waals surface area contributed by atoms with Crippen LogP contribution in [0.25, 0.3) is 32.9 Å². The highest BCUT2D eigenvalue weighted by Crippen LogP contribution is 2.34. The van der Waals surface area contributed by atoms with Gasteiger partial charge in [0.05, 0.1) is 30.1 Å². The number of hydrogen-bond donors (Lipinski definition) is 3. The molecule has 0 aliphatic heterocycles. The molecule has 0 unspecified atom stereocenters. The molecule has 3 aromatic heterocycles. The highest BCUT2D eigenvalue weighted by Gasteiger charge is 2.16. The van der Waals surface area contributed by atoms with Gasteiger partial charge in [-0.3, -0.25) is 9.89 Å². The number of anilines is 1. The van der Waals surface area contributed by atoms with Gasteiger partial charge in [-0.25, -0.2) is 0 Å². The summed E-state index contributed by atoms with van der Waals surface area (Å²) in [5, 5.41) is 15.7. The summed E-state index contributed by atoms with van der Waals surface area (Å²) in [7, 11) is 1.56. The van der Waals surface area contributed by atoms with Gasteiger partial charge in [0, 0.05) is 33.2 Å². The molecule has 6 nitrogen and oxygen atoms in total. The summed E-state index contributed by atoms with van der Waals surface area (Å²) in [6.07, 6.45) is 3.64. The van der Waals surface area contributed by atoms with Crippen molar-refractivity contribution in [2.75, 3.05) is 12.4 Å². The van der Waals surface area contributed by atoms with Crippen LogP contribution < -0.4 is 10.1 Å². The molecule has 3 N–H and O–H groups in total. The predicted molar refractivity (Wildman–Crippen MR) is 112 cm³/mol. The van der Waals surface area contributed by atoms with Gasteiger partial charge in [-0.1, -0.05) is 12.1 Å². The molecule has 0 radical (unpaired) electrons. The Morgan fingerprint density at radius 3 is 2.96 bits per heavy atom. The number of carbonyl (C=O) groups excluding carboxylic acids is 1. The standard InChI is InChI=1S/C21H16N4O2S/c1-27-20-11-28-10-16(20)21(26)24-18-7-12(8-19-15(18)9-23-25-19)13-3-2-4-17-14(13)5-6-22-17/h2-11,22H,1H3,(H,23,25)(H,24,26). The molecule has 0 aliphatic rings. The van der Waals surface area contributed by atoms with Crippen LogP contribution in [0.1, 0.15) is 10.4 Å². The Morgan fingerprint density at radius 1 is 1.14 bits per heavy atom. The first-order valence-electron chi connectivity index (χ1n) is 8.70. The maximum absolute atomic E-state index is 12.8. The highest BCUT2D eigenvalue weighted by molar-refractivity contribution is 7.08. The second-order valence-electron chi connectivity index (χ2n) is 6.41. The molecule has 7 heteroatoms. The molecule has 138 valence electrons. The van der Waals surface area contributed by atoms with Gasteiger partial charge in [-0.15, -0.1) is 11.3 Å². The van der Waals surface area contributed by atoms with E-state index in [2.05, 4.69) is 32.6 Å². The molecule has 28 heavy (non-hydrogen) atoms. The maximum atomic E-state index is 12.8. The number of H-pyrrole nitrogens is 2. The Kier molecular flexibility index (Phi) is 3.87. The molecule has 2 aromatic carbocycles. The van der Waals surface area contributed by atoms with Crippen LogP contribution >= 0.6 is 11.3 Å². The van der Waals surface area contributed by atoms with Crippen LogP contribution in [0.3, 0.4) is 0 Å². The fraction of sp³-hybridized carbons (Fsp3) is 0.0476. The first kappa shape index (κ1) is 16.6. The van der Waals surface area contributed by atoms with Crippen LogP contribution in [0.15, 0.2) is 59.6 Å². The number of fused-ring (bicyclic) bond motifs is 2. The number of methoxy groups -OCH3 is 1. The summed E-state index contributed by atoms with van der Waals surface area (Å²) in [6.45, 7) is 0. The molecule has 0 bridgehead atoms. The number of benzene rings is 2. The van der Waals surface area contributed by atoms with Gasteiger partial charge < -0.3 is 15.0 Å². The van der Waals surface area contributed by atoms with E-state index in [9.17, 15) is 4.79 Å². The van der Waals surface area contributed by atoms with E-state index in [0.29, 0.717) is 17.0 Å². The van der Waals surface area contributed by atoms with E-state index in [1.54, 1.807) is 18.7 Å². The van der Waals surface area contributed by atoms with Crippen molar-refractivity contribution in [2.45, 2.75) is 0 Å². The molecule has 0 spiro atoms. The number of rotatable bonds is 4. The third-order valence-electron chi connectivity index (χ3n) is 4.80. The van der Waals surface area contributed by atoms with Crippen LogP contribution in [0.2, 0.25) is 0 Å². The smallest absolute Gasteiger partial charge is 0.260 e. The minimum absolute atomic E-state index is 0.211. The SMILES string of the molecule is COc1cscc1C(=O)Nc1cc(-c2cccc3[nH]ccc23)cc2[nH]ncc12. The van der Waals surface area contributed by atoms with E-state index in [1.165, 1.54) is 11.3 Å². The Morgan fingerprint density at radius 2 is 2.07 bits per heavy atom. The minimum Gasteiger partial charge on any atom is -0.495 e. The molecular weight excluding hydrogens is 372 g/mol. The first-order chi connectivity index (χ1) is 13.7. The Bertz CT molecular complexity index is 1310. The number of amides is 1. The van der Waals surface area contributed by atoms with Crippen LogP contribution in [-0.4, -0.2) is 28.2 Å². The van der Waals surface area contributed by atoms with Gasteiger partial charge in [0.2, 0.25) is 0 Å². The van der Waals surface area contributed by atoms with Crippen molar-refractivity contribution in [1.82, 2.24) is 15.2 Å². The Balaban J connectivity index is 1.62. The van der Waals surface area contributed by atoms with Crippen molar-refractivity contribution in [3.63, 3.8) is 0 Å². The molecule has 3 heterocycles. The van der Waals surface area contributed by atoms with Crippen LogP contribution in [0.4, 0.5) is 5.69 Å². The minimum atomic E-state index is -0.211. The third-order valence-corrected chi connectivity index (χ3v) is 5.53. The lowest BCUT2D eigenvalue weighted by atomic mass is 9.99. The molecule has 0 saturated carbocycles. The second kappa shape index (κ2) is 6.54. The molecule has 0 saturated heterocycles. The molecule has 5 rings (SSSR count). The van der Waals surface area contributed by atoms with Gasteiger partial charge in [0.25, 0.3) is 5.91 Å². The summed E-state index contributed by atoms with van der Waals surface area (Å²) in [6, 6.07) is 12.2. The molecule has 5 aromatic rings. The second-order valence-corrected chi connectivity index (χ2v) is 7.15. The molecule has 0 fully saturated rings. The summed E-state index contributed by atoms with van der Waals surface area (Å²) in [5.74, 6) is 0.358. The monoisotopic (exact) mass is 388 g/mol. The number of aromatic nitrogens is 3. The summed E-state index contributed by atoms with van der Waals surface area (Å²) >= 11 is 1.43. The number of nitrogens with one attached hydrogen (secondary N) is 3. The zero-order chi connectivity index (χ0) is 19.1. The van der Waals surface area contributed by atoms with Gasteiger partial charge >= 0.3 is 0 Å². The normalized spacial score (nSPS) is 11.2. The van der Waals surface area contributed by atoms with E-state index >= 15 is 0 Å². The van der Waals surface area contributed by atoms with Gasteiger partial charge in [0.15, 0.2) is 0 Å². The first-order valence-corrected chi connectivity index (χ1v) is 9.64. The summed E-state index contributed by atoms with van der Waals surface area (Å²) < 4.78 is 5.28. The number of aromatic amines is 2. The van der Waals surface area contributed by atoms with E-state index < -0.39 is 0 Å². The maximum Gasteiger partial charge on any atom is 0.260 e. The van der Waals surface area contributed by atoms with Crippen molar-refractivity contribution < 1.29 is 9.53 Å². The van der Waals surface area contributed by atoms with E-state index in [1.807, 2.05) is 35.8 Å².